The molecule has 0 amide bonds. The van der Waals surface area contributed by atoms with Gasteiger partial charge in [0.25, 0.3) is 0 Å². The molecule has 1 aliphatic heterocycles. The first-order chi connectivity index (χ1) is 9.24. The van der Waals surface area contributed by atoms with Crippen molar-refractivity contribution in [2.75, 3.05) is 11.4 Å². The standard InChI is InChI=1S/C14H18N4O/c1-17-9-11(15-16-17)10-18-8-4-7-14(19)12-5-2-3-6-13(12)18/h2-3,5-6,9,14,19H,4,7-8,10H2,1H3. The molecule has 1 atom stereocenters. The number of rotatable bonds is 2. The summed E-state index contributed by atoms with van der Waals surface area (Å²) in [6.45, 7) is 1.67. The lowest BCUT2D eigenvalue weighted by atomic mass is 10.0. The first kappa shape index (κ1) is 12.2. The molecule has 2 aromatic rings. The van der Waals surface area contributed by atoms with Crippen LogP contribution in [0.2, 0.25) is 0 Å². The molecule has 100 valence electrons. The predicted molar refractivity (Wildman–Crippen MR) is 72.7 cm³/mol. The van der Waals surface area contributed by atoms with Gasteiger partial charge in [0.05, 0.1) is 12.6 Å². The summed E-state index contributed by atoms with van der Waals surface area (Å²) in [5.74, 6) is 0. The van der Waals surface area contributed by atoms with Crippen LogP contribution in [0.15, 0.2) is 30.5 Å². The average molecular weight is 258 g/mol. The quantitative estimate of drug-likeness (QED) is 0.890. The smallest absolute Gasteiger partial charge is 0.102 e. The second-order valence-electron chi connectivity index (χ2n) is 5.02. The van der Waals surface area contributed by atoms with Crippen molar-refractivity contribution in [1.29, 1.82) is 0 Å². The van der Waals surface area contributed by atoms with Gasteiger partial charge in [0.2, 0.25) is 0 Å². The maximum Gasteiger partial charge on any atom is 0.102 e. The van der Waals surface area contributed by atoms with Crippen molar-refractivity contribution in [3.8, 4) is 0 Å². The molecule has 0 radical (unpaired) electrons. The minimum Gasteiger partial charge on any atom is -0.388 e. The van der Waals surface area contributed by atoms with Crippen LogP contribution in [-0.2, 0) is 13.6 Å². The summed E-state index contributed by atoms with van der Waals surface area (Å²) in [5.41, 5.74) is 3.08. The Kier molecular flexibility index (Phi) is 3.21. The molecule has 5 nitrogen and oxygen atoms in total. The molecule has 0 aliphatic carbocycles. The van der Waals surface area contributed by atoms with Gasteiger partial charge in [-0.15, -0.1) is 5.10 Å². The van der Waals surface area contributed by atoms with Crippen molar-refractivity contribution in [1.82, 2.24) is 15.0 Å². The van der Waals surface area contributed by atoms with Gasteiger partial charge in [0, 0.05) is 31.0 Å². The van der Waals surface area contributed by atoms with E-state index in [4.69, 9.17) is 0 Å². The second kappa shape index (κ2) is 5.01. The largest absolute Gasteiger partial charge is 0.388 e. The highest BCUT2D eigenvalue weighted by Crippen LogP contribution is 2.33. The van der Waals surface area contributed by atoms with Crippen LogP contribution >= 0.6 is 0 Å². The summed E-state index contributed by atoms with van der Waals surface area (Å²) in [6.07, 6.45) is 3.37. The summed E-state index contributed by atoms with van der Waals surface area (Å²) in [4.78, 5) is 2.27. The van der Waals surface area contributed by atoms with Gasteiger partial charge < -0.3 is 10.0 Å². The highest BCUT2D eigenvalue weighted by molar-refractivity contribution is 5.55. The fourth-order valence-corrected chi connectivity index (χ4v) is 2.64. The van der Waals surface area contributed by atoms with Crippen molar-refractivity contribution in [3.63, 3.8) is 0 Å². The zero-order valence-electron chi connectivity index (χ0n) is 11.0. The molecule has 3 rings (SSSR count). The van der Waals surface area contributed by atoms with E-state index in [1.165, 1.54) is 0 Å². The van der Waals surface area contributed by atoms with Gasteiger partial charge in [-0.2, -0.15) is 0 Å². The van der Waals surface area contributed by atoms with Gasteiger partial charge >= 0.3 is 0 Å². The number of aliphatic hydroxyl groups excluding tert-OH is 1. The number of hydrogen-bond donors (Lipinski definition) is 1. The Labute approximate surface area is 112 Å². The van der Waals surface area contributed by atoms with E-state index in [2.05, 4.69) is 21.3 Å². The predicted octanol–water partition coefficient (Wildman–Crippen LogP) is 1.65. The maximum absolute atomic E-state index is 10.2. The van der Waals surface area contributed by atoms with Gasteiger partial charge in [-0.25, -0.2) is 0 Å². The van der Waals surface area contributed by atoms with E-state index < -0.39 is 0 Å². The summed E-state index contributed by atoms with van der Waals surface area (Å²) in [5, 5.41) is 18.3. The third-order valence-corrected chi connectivity index (χ3v) is 3.54. The minimum absolute atomic E-state index is 0.358. The Morgan fingerprint density at radius 1 is 1.37 bits per heavy atom. The molecule has 1 aromatic carbocycles. The lowest BCUT2D eigenvalue weighted by Crippen LogP contribution is -2.23. The second-order valence-corrected chi connectivity index (χ2v) is 5.02. The Bertz CT molecular complexity index is 566. The summed E-state index contributed by atoms with van der Waals surface area (Å²) >= 11 is 0. The van der Waals surface area contributed by atoms with Crippen LogP contribution < -0.4 is 4.90 Å². The number of aromatic nitrogens is 3. The van der Waals surface area contributed by atoms with Crippen molar-refractivity contribution in [2.24, 2.45) is 7.05 Å². The number of aryl methyl sites for hydroxylation is 1. The highest BCUT2D eigenvalue weighted by atomic mass is 16.3. The summed E-state index contributed by atoms with van der Waals surface area (Å²) in [6, 6.07) is 8.07. The molecule has 0 saturated heterocycles. The topological polar surface area (TPSA) is 54.2 Å². The number of para-hydroxylation sites is 1. The first-order valence-corrected chi connectivity index (χ1v) is 6.61. The van der Waals surface area contributed by atoms with Crippen molar-refractivity contribution in [3.05, 3.63) is 41.7 Å². The van der Waals surface area contributed by atoms with E-state index in [0.717, 1.165) is 42.9 Å². The molecular formula is C14H18N4O. The Morgan fingerprint density at radius 3 is 3.00 bits per heavy atom. The fraction of sp³-hybridized carbons (Fsp3) is 0.429. The zero-order chi connectivity index (χ0) is 13.2. The van der Waals surface area contributed by atoms with E-state index in [1.807, 2.05) is 31.4 Å². The summed E-state index contributed by atoms with van der Waals surface area (Å²) in [7, 11) is 1.87. The normalized spacial score (nSPS) is 19.1. The van der Waals surface area contributed by atoms with E-state index in [1.54, 1.807) is 4.68 Å². The van der Waals surface area contributed by atoms with E-state index in [9.17, 15) is 5.11 Å². The molecule has 1 aliphatic rings. The van der Waals surface area contributed by atoms with E-state index in [0.29, 0.717) is 0 Å². The minimum atomic E-state index is -0.358. The lowest BCUT2D eigenvalue weighted by Gasteiger charge is -2.24. The molecule has 1 aromatic heterocycles. The monoisotopic (exact) mass is 258 g/mol. The van der Waals surface area contributed by atoms with Gasteiger partial charge in [-0.3, -0.25) is 4.68 Å². The van der Waals surface area contributed by atoms with Crippen LogP contribution in [0.25, 0.3) is 0 Å². The molecule has 0 fully saturated rings. The molecule has 0 spiro atoms. The molecule has 0 bridgehead atoms. The van der Waals surface area contributed by atoms with Crippen molar-refractivity contribution >= 4 is 5.69 Å². The molecule has 5 heteroatoms. The number of aliphatic hydroxyl groups is 1. The van der Waals surface area contributed by atoms with Crippen LogP contribution in [0, 0.1) is 0 Å². The molecule has 0 saturated carbocycles. The van der Waals surface area contributed by atoms with Gasteiger partial charge in [-0.1, -0.05) is 23.4 Å². The van der Waals surface area contributed by atoms with Crippen LogP contribution in [0.1, 0.15) is 30.2 Å². The molecule has 19 heavy (non-hydrogen) atoms. The fourth-order valence-electron chi connectivity index (χ4n) is 2.64. The Balaban J connectivity index is 1.91. The first-order valence-electron chi connectivity index (χ1n) is 6.61. The number of nitrogens with zero attached hydrogens (tertiary/aromatic N) is 4. The number of fused-ring (bicyclic) bond motifs is 1. The van der Waals surface area contributed by atoms with Crippen molar-refractivity contribution < 1.29 is 5.11 Å². The molecular weight excluding hydrogens is 240 g/mol. The number of benzene rings is 1. The van der Waals surface area contributed by atoms with E-state index in [-0.39, 0.29) is 6.10 Å². The van der Waals surface area contributed by atoms with Crippen LogP contribution in [0.5, 0.6) is 0 Å². The van der Waals surface area contributed by atoms with Gasteiger partial charge in [-0.05, 0) is 18.9 Å². The number of hydrogen-bond acceptors (Lipinski definition) is 4. The zero-order valence-corrected chi connectivity index (χ0v) is 11.0. The molecule has 1 N–H and O–H groups in total. The van der Waals surface area contributed by atoms with Crippen molar-refractivity contribution in [2.45, 2.75) is 25.5 Å². The van der Waals surface area contributed by atoms with Crippen LogP contribution in [-0.4, -0.2) is 26.6 Å². The van der Waals surface area contributed by atoms with Gasteiger partial charge in [0.15, 0.2) is 0 Å². The Hall–Kier alpha value is -1.88. The highest BCUT2D eigenvalue weighted by Gasteiger charge is 2.21. The van der Waals surface area contributed by atoms with E-state index >= 15 is 0 Å². The maximum atomic E-state index is 10.2. The molecule has 1 unspecified atom stereocenters. The number of anilines is 1. The Morgan fingerprint density at radius 2 is 2.21 bits per heavy atom. The summed E-state index contributed by atoms with van der Waals surface area (Å²) < 4.78 is 1.72. The third kappa shape index (κ3) is 2.46. The molecule has 2 heterocycles. The van der Waals surface area contributed by atoms with Gasteiger partial charge in [0.1, 0.15) is 5.69 Å². The SMILES string of the molecule is Cn1cc(CN2CCCC(O)c3ccccc32)nn1. The van der Waals surface area contributed by atoms with Crippen LogP contribution in [0.4, 0.5) is 5.69 Å². The lowest BCUT2D eigenvalue weighted by molar-refractivity contribution is 0.168. The average Bonchev–Trinajstić information content (AvgIpc) is 2.75. The van der Waals surface area contributed by atoms with Crippen LogP contribution in [0.3, 0.4) is 0 Å². The third-order valence-electron chi connectivity index (χ3n) is 3.54.